The van der Waals surface area contributed by atoms with E-state index in [9.17, 15) is 0 Å². The number of benzene rings is 1. The van der Waals surface area contributed by atoms with Gasteiger partial charge in [-0.1, -0.05) is 30.3 Å². The number of hydrogen-bond acceptors (Lipinski definition) is 3. The fourth-order valence-electron chi connectivity index (χ4n) is 2.95. The fraction of sp³-hybridized carbons (Fsp3) is 0.353. The molecule has 3 nitrogen and oxygen atoms in total. The first-order chi connectivity index (χ1) is 9.76. The van der Waals surface area contributed by atoms with E-state index >= 15 is 0 Å². The summed E-state index contributed by atoms with van der Waals surface area (Å²) in [7, 11) is 0. The summed E-state index contributed by atoms with van der Waals surface area (Å²) in [6.07, 6.45) is 1.04. The van der Waals surface area contributed by atoms with Crippen molar-refractivity contribution < 1.29 is 0 Å². The van der Waals surface area contributed by atoms with Crippen molar-refractivity contribution in [3.8, 4) is 0 Å². The first kappa shape index (κ1) is 13.3. The highest BCUT2D eigenvalue weighted by molar-refractivity contribution is 5.30. The molecule has 2 heterocycles. The summed E-state index contributed by atoms with van der Waals surface area (Å²) in [5, 5.41) is 0. The lowest BCUT2D eigenvalue weighted by Crippen LogP contribution is -2.44. The third-order valence-corrected chi connectivity index (χ3v) is 4.05. The quantitative estimate of drug-likeness (QED) is 0.927. The van der Waals surface area contributed by atoms with Crippen LogP contribution in [0.4, 0.5) is 0 Å². The zero-order chi connectivity index (χ0) is 13.9. The van der Waals surface area contributed by atoms with Gasteiger partial charge in [-0.25, -0.2) is 0 Å². The van der Waals surface area contributed by atoms with Crippen LogP contribution < -0.4 is 5.73 Å². The van der Waals surface area contributed by atoms with Crippen molar-refractivity contribution in [3.05, 3.63) is 65.0 Å². The predicted molar refractivity (Wildman–Crippen MR) is 81.2 cm³/mol. The molecule has 104 valence electrons. The second-order valence-corrected chi connectivity index (χ2v) is 5.54. The van der Waals surface area contributed by atoms with Crippen molar-refractivity contribution in [2.45, 2.75) is 32.5 Å². The van der Waals surface area contributed by atoms with E-state index in [1.807, 2.05) is 13.0 Å². The van der Waals surface area contributed by atoms with Gasteiger partial charge in [-0.3, -0.25) is 9.88 Å². The number of fused-ring (bicyclic) bond motifs is 1. The smallest absolute Gasteiger partial charge is 0.0547 e. The summed E-state index contributed by atoms with van der Waals surface area (Å²) in [6.45, 7) is 4.57. The molecule has 2 N–H and O–H groups in total. The van der Waals surface area contributed by atoms with Crippen LogP contribution in [0.25, 0.3) is 0 Å². The molecule has 1 unspecified atom stereocenters. The lowest BCUT2D eigenvalue weighted by Gasteiger charge is -2.36. The highest BCUT2D eigenvalue weighted by Gasteiger charge is 2.25. The Labute approximate surface area is 120 Å². The van der Waals surface area contributed by atoms with Crippen molar-refractivity contribution in [3.63, 3.8) is 0 Å². The van der Waals surface area contributed by atoms with Gasteiger partial charge in [-0.15, -0.1) is 0 Å². The topological polar surface area (TPSA) is 42.1 Å². The summed E-state index contributed by atoms with van der Waals surface area (Å²) in [4.78, 5) is 7.06. The standard InChI is InChI=1S/C17H21N3/c1-13-5-4-8-16(19-13)12-20-11-15-7-3-2-6-14(15)9-17(20)10-18/h2-8,17H,9-12,18H2,1H3. The maximum absolute atomic E-state index is 5.97. The van der Waals surface area contributed by atoms with Crippen molar-refractivity contribution in [1.82, 2.24) is 9.88 Å². The molecule has 0 aliphatic carbocycles. The zero-order valence-corrected chi connectivity index (χ0v) is 11.9. The molecule has 0 fully saturated rings. The summed E-state index contributed by atoms with van der Waals surface area (Å²) < 4.78 is 0. The highest BCUT2D eigenvalue weighted by Crippen LogP contribution is 2.24. The number of aromatic nitrogens is 1. The van der Waals surface area contributed by atoms with Crippen LogP contribution in [0.5, 0.6) is 0 Å². The van der Waals surface area contributed by atoms with Gasteiger partial charge < -0.3 is 5.73 Å². The maximum Gasteiger partial charge on any atom is 0.0547 e. The molecule has 1 aromatic heterocycles. The Morgan fingerprint density at radius 1 is 1.15 bits per heavy atom. The Morgan fingerprint density at radius 2 is 1.95 bits per heavy atom. The van der Waals surface area contributed by atoms with E-state index in [1.165, 1.54) is 11.1 Å². The van der Waals surface area contributed by atoms with E-state index in [-0.39, 0.29) is 0 Å². The summed E-state index contributed by atoms with van der Waals surface area (Å²) >= 11 is 0. The molecular formula is C17H21N3. The average Bonchev–Trinajstić information content (AvgIpc) is 2.46. The number of pyridine rings is 1. The average molecular weight is 267 g/mol. The molecule has 1 aliphatic heterocycles. The van der Waals surface area contributed by atoms with E-state index in [0.717, 1.165) is 30.9 Å². The molecule has 20 heavy (non-hydrogen) atoms. The minimum absolute atomic E-state index is 0.409. The normalized spacial score (nSPS) is 18.8. The van der Waals surface area contributed by atoms with Gasteiger partial charge in [-0.2, -0.15) is 0 Å². The third-order valence-electron chi connectivity index (χ3n) is 4.05. The van der Waals surface area contributed by atoms with Crippen molar-refractivity contribution in [2.24, 2.45) is 5.73 Å². The first-order valence-electron chi connectivity index (χ1n) is 7.19. The molecular weight excluding hydrogens is 246 g/mol. The first-order valence-corrected chi connectivity index (χ1v) is 7.19. The molecule has 3 heteroatoms. The Balaban J connectivity index is 1.82. The number of nitrogens with two attached hydrogens (primary N) is 1. The van der Waals surface area contributed by atoms with Crippen molar-refractivity contribution >= 4 is 0 Å². The van der Waals surface area contributed by atoms with E-state index in [1.54, 1.807) is 0 Å². The minimum atomic E-state index is 0.409. The molecule has 1 aliphatic rings. The summed E-state index contributed by atoms with van der Waals surface area (Å²) in [5.74, 6) is 0. The maximum atomic E-state index is 5.97. The van der Waals surface area contributed by atoms with E-state index < -0.39 is 0 Å². The molecule has 1 atom stereocenters. The number of rotatable bonds is 3. The number of hydrogen-bond donors (Lipinski definition) is 1. The minimum Gasteiger partial charge on any atom is -0.329 e. The van der Waals surface area contributed by atoms with Crippen LogP contribution >= 0.6 is 0 Å². The Bertz CT molecular complexity index is 594. The van der Waals surface area contributed by atoms with Gasteiger partial charge in [0.2, 0.25) is 0 Å². The fourth-order valence-corrected chi connectivity index (χ4v) is 2.95. The second-order valence-electron chi connectivity index (χ2n) is 5.54. The van der Waals surface area contributed by atoms with Crippen molar-refractivity contribution in [2.75, 3.05) is 6.54 Å². The Kier molecular flexibility index (Phi) is 3.81. The molecule has 3 rings (SSSR count). The van der Waals surface area contributed by atoms with Gasteiger partial charge in [0.15, 0.2) is 0 Å². The molecule has 0 saturated carbocycles. The Morgan fingerprint density at radius 3 is 2.70 bits per heavy atom. The van der Waals surface area contributed by atoms with E-state index in [0.29, 0.717) is 12.6 Å². The molecule has 2 aromatic rings. The van der Waals surface area contributed by atoms with Gasteiger partial charge in [0.05, 0.1) is 5.69 Å². The lowest BCUT2D eigenvalue weighted by atomic mass is 9.94. The zero-order valence-electron chi connectivity index (χ0n) is 11.9. The van der Waals surface area contributed by atoms with E-state index in [4.69, 9.17) is 5.73 Å². The van der Waals surface area contributed by atoms with Crippen LogP contribution in [-0.2, 0) is 19.5 Å². The second kappa shape index (κ2) is 5.73. The molecule has 0 radical (unpaired) electrons. The number of aryl methyl sites for hydroxylation is 1. The molecule has 0 saturated heterocycles. The van der Waals surface area contributed by atoms with Crippen LogP contribution in [0, 0.1) is 6.92 Å². The molecule has 0 bridgehead atoms. The largest absolute Gasteiger partial charge is 0.329 e. The number of nitrogens with zero attached hydrogens (tertiary/aromatic N) is 2. The van der Waals surface area contributed by atoms with Gasteiger partial charge in [-0.05, 0) is 36.6 Å². The Hall–Kier alpha value is -1.71. The van der Waals surface area contributed by atoms with Gasteiger partial charge in [0, 0.05) is 31.4 Å². The summed E-state index contributed by atoms with van der Waals surface area (Å²) in [5.41, 5.74) is 11.0. The van der Waals surface area contributed by atoms with Gasteiger partial charge in [0.25, 0.3) is 0 Å². The molecule has 1 aromatic carbocycles. The molecule has 0 amide bonds. The highest BCUT2D eigenvalue weighted by atomic mass is 15.2. The molecule has 0 spiro atoms. The van der Waals surface area contributed by atoms with Crippen LogP contribution in [0.1, 0.15) is 22.5 Å². The van der Waals surface area contributed by atoms with Crippen LogP contribution in [-0.4, -0.2) is 22.5 Å². The van der Waals surface area contributed by atoms with Gasteiger partial charge >= 0.3 is 0 Å². The monoisotopic (exact) mass is 267 g/mol. The van der Waals surface area contributed by atoms with E-state index in [2.05, 4.69) is 46.3 Å². The SMILES string of the molecule is Cc1cccc(CN2Cc3ccccc3CC2CN)n1. The van der Waals surface area contributed by atoms with Crippen molar-refractivity contribution in [1.29, 1.82) is 0 Å². The van der Waals surface area contributed by atoms with Crippen LogP contribution in [0.2, 0.25) is 0 Å². The van der Waals surface area contributed by atoms with Crippen LogP contribution in [0.3, 0.4) is 0 Å². The third kappa shape index (κ3) is 2.74. The lowest BCUT2D eigenvalue weighted by molar-refractivity contribution is 0.165. The van der Waals surface area contributed by atoms with Crippen LogP contribution in [0.15, 0.2) is 42.5 Å². The van der Waals surface area contributed by atoms with Gasteiger partial charge in [0.1, 0.15) is 0 Å². The predicted octanol–water partition coefficient (Wildman–Crippen LogP) is 2.28. The summed E-state index contributed by atoms with van der Waals surface area (Å²) in [6, 6.07) is 15.3.